The lowest BCUT2D eigenvalue weighted by Gasteiger charge is -2.33. The largest absolute Gasteiger partial charge is 0.293 e. The van der Waals surface area contributed by atoms with E-state index in [4.69, 9.17) is 4.99 Å². The van der Waals surface area contributed by atoms with Gasteiger partial charge < -0.3 is 0 Å². The molecule has 0 saturated carbocycles. The highest BCUT2D eigenvalue weighted by molar-refractivity contribution is 8.13. The van der Waals surface area contributed by atoms with Gasteiger partial charge in [0.1, 0.15) is 0 Å². The quantitative estimate of drug-likeness (QED) is 0.842. The molecule has 1 unspecified atom stereocenters. The Morgan fingerprint density at radius 1 is 1.08 bits per heavy atom. The third kappa shape index (κ3) is 2.65. The van der Waals surface area contributed by atoms with Gasteiger partial charge in [0.2, 0.25) is 0 Å². The van der Waals surface area contributed by atoms with Gasteiger partial charge in [-0.2, -0.15) is 0 Å². The van der Waals surface area contributed by atoms with Crippen molar-refractivity contribution < 1.29 is 9.59 Å². The first-order valence-corrected chi connectivity index (χ1v) is 9.60. The predicted molar refractivity (Wildman–Crippen MR) is 101 cm³/mol. The third-order valence-corrected chi connectivity index (χ3v) is 5.95. The first-order chi connectivity index (χ1) is 12.2. The summed E-state index contributed by atoms with van der Waals surface area (Å²) in [6.45, 7) is 2.44. The second-order valence-electron chi connectivity index (χ2n) is 6.41. The minimum atomic E-state index is -0.347. The van der Waals surface area contributed by atoms with Crippen molar-refractivity contribution in [1.82, 2.24) is 0 Å². The molecule has 2 aromatic rings. The van der Waals surface area contributed by atoms with Crippen molar-refractivity contribution >= 4 is 28.4 Å². The van der Waals surface area contributed by atoms with Gasteiger partial charge in [0.15, 0.2) is 10.9 Å². The molecular weight excluding hydrogens is 330 g/mol. The lowest BCUT2D eigenvalue weighted by Crippen LogP contribution is -2.38. The molecule has 0 radical (unpaired) electrons. The zero-order chi connectivity index (χ0) is 17.4. The number of aliphatic imine (C=N–C) groups is 1. The van der Waals surface area contributed by atoms with E-state index in [0.29, 0.717) is 6.54 Å². The number of hydrogen-bond donors (Lipinski definition) is 0. The fourth-order valence-corrected chi connectivity index (χ4v) is 4.73. The van der Waals surface area contributed by atoms with Crippen LogP contribution in [0.1, 0.15) is 34.3 Å². The molecular formula is C21H19NO2S. The van der Waals surface area contributed by atoms with Crippen LogP contribution in [0, 0.1) is 11.8 Å². The smallest absolute Gasteiger partial charge is 0.194 e. The standard InChI is InChI=1S/C21H19NO2S/c1-2-25-21(24)16-12-22-19-14-10-6-7-11-15(14)20(23)18(19)17(16)13-8-4-3-5-9-13/h3-11,16-18H,2,12H2,1H3/t16-,17-,18?/m1/s1. The van der Waals surface area contributed by atoms with Crippen molar-refractivity contribution in [3.8, 4) is 0 Å². The SMILES string of the molecule is CCSC(=O)[C@@H]1CN=C2c3ccccc3C(=O)C2[C@@H]1c1ccccc1. The van der Waals surface area contributed by atoms with Crippen LogP contribution in [0.4, 0.5) is 0 Å². The summed E-state index contributed by atoms with van der Waals surface area (Å²) in [6, 6.07) is 17.6. The van der Waals surface area contributed by atoms with Crippen LogP contribution in [0.25, 0.3) is 0 Å². The van der Waals surface area contributed by atoms with E-state index in [2.05, 4.69) is 0 Å². The Bertz CT molecular complexity index is 859. The van der Waals surface area contributed by atoms with E-state index in [-0.39, 0.29) is 28.7 Å². The van der Waals surface area contributed by atoms with Gasteiger partial charge >= 0.3 is 0 Å². The summed E-state index contributed by atoms with van der Waals surface area (Å²) in [5.74, 6) is 0.105. The maximum absolute atomic E-state index is 13.1. The van der Waals surface area contributed by atoms with E-state index < -0.39 is 0 Å². The van der Waals surface area contributed by atoms with Gasteiger partial charge in [0, 0.05) is 17.0 Å². The van der Waals surface area contributed by atoms with Crippen LogP contribution in [-0.2, 0) is 4.79 Å². The van der Waals surface area contributed by atoms with Crippen LogP contribution < -0.4 is 0 Å². The Morgan fingerprint density at radius 3 is 2.48 bits per heavy atom. The fourth-order valence-electron chi connectivity index (χ4n) is 4.01. The van der Waals surface area contributed by atoms with Crippen molar-refractivity contribution in [2.24, 2.45) is 16.8 Å². The van der Waals surface area contributed by atoms with Crippen molar-refractivity contribution in [2.75, 3.05) is 12.3 Å². The lowest BCUT2D eigenvalue weighted by molar-refractivity contribution is -0.115. The van der Waals surface area contributed by atoms with Gasteiger partial charge in [-0.25, -0.2) is 0 Å². The molecule has 0 N–H and O–H groups in total. The molecule has 2 aliphatic rings. The Morgan fingerprint density at radius 2 is 1.76 bits per heavy atom. The number of nitrogens with zero attached hydrogens (tertiary/aromatic N) is 1. The summed E-state index contributed by atoms with van der Waals surface area (Å²) in [4.78, 5) is 30.6. The summed E-state index contributed by atoms with van der Waals surface area (Å²) in [5, 5.41) is 0.142. The monoisotopic (exact) mass is 349 g/mol. The third-order valence-electron chi connectivity index (χ3n) is 5.07. The molecule has 1 heterocycles. The molecule has 0 aromatic heterocycles. The number of rotatable bonds is 3. The minimum absolute atomic E-state index is 0.0993. The van der Waals surface area contributed by atoms with Crippen LogP contribution in [0.3, 0.4) is 0 Å². The van der Waals surface area contributed by atoms with Gasteiger partial charge in [0.25, 0.3) is 0 Å². The Kier molecular flexibility index (Phi) is 4.30. The first-order valence-electron chi connectivity index (χ1n) is 8.62. The van der Waals surface area contributed by atoms with Crippen molar-refractivity contribution in [1.29, 1.82) is 0 Å². The van der Waals surface area contributed by atoms with Crippen molar-refractivity contribution in [2.45, 2.75) is 12.8 Å². The van der Waals surface area contributed by atoms with Crippen LogP contribution in [0.2, 0.25) is 0 Å². The summed E-state index contributed by atoms with van der Waals surface area (Å²) in [5.41, 5.74) is 3.59. The lowest BCUT2D eigenvalue weighted by atomic mass is 9.73. The predicted octanol–water partition coefficient (Wildman–Crippen LogP) is 3.98. The van der Waals surface area contributed by atoms with Crippen LogP contribution in [0.15, 0.2) is 59.6 Å². The zero-order valence-corrected chi connectivity index (χ0v) is 14.8. The molecule has 4 rings (SSSR count). The highest BCUT2D eigenvalue weighted by Crippen LogP contribution is 2.45. The molecule has 0 fully saturated rings. The molecule has 0 amide bonds. The number of carbonyl (C=O) groups excluding carboxylic acids is 2. The van der Waals surface area contributed by atoms with E-state index in [1.807, 2.05) is 61.5 Å². The minimum Gasteiger partial charge on any atom is -0.293 e. The fraction of sp³-hybridized carbons (Fsp3) is 0.286. The number of fused-ring (bicyclic) bond motifs is 3. The number of hydrogen-bond acceptors (Lipinski definition) is 4. The normalized spacial score (nSPS) is 24.4. The number of ketones is 1. The van der Waals surface area contributed by atoms with E-state index >= 15 is 0 Å². The molecule has 25 heavy (non-hydrogen) atoms. The van der Waals surface area contributed by atoms with E-state index in [1.54, 1.807) is 0 Å². The summed E-state index contributed by atoms with van der Waals surface area (Å²) >= 11 is 1.34. The van der Waals surface area contributed by atoms with Crippen LogP contribution >= 0.6 is 11.8 Å². The molecule has 0 saturated heterocycles. The van der Waals surface area contributed by atoms with E-state index in [9.17, 15) is 9.59 Å². The van der Waals surface area contributed by atoms with Crippen molar-refractivity contribution in [3.63, 3.8) is 0 Å². The van der Waals surface area contributed by atoms with Gasteiger partial charge in [-0.15, -0.1) is 0 Å². The second-order valence-corrected chi connectivity index (χ2v) is 7.68. The average Bonchev–Trinajstić information content (AvgIpc) is 2.95. The van der Waals surface area contributed by atoms with Crippen LogP contribution in [-0.4, -0.2) is 28.9 Å². The highest BCUT2D eigenvalue weighted by Gasteiger charge is 2.48. The first kappa shape index (κ1) is 16.3. The molecule has 0 bridgehead atoms. The summed E-state index contributed by atoms with van der Waals surface area (Å²) < 4.78 is 0. The Hall–Kier alpha value is -2.20. The molecule has 1 aliphatic carbocycles. The summed E-state index contributed by atoms with van der Waals surface area (Å²) in [7, 11) is 0. The Labute approximate surface area is 151 Å². The number of Topliss-reactive ketones (excluding diaryl/α,β-unsaturated/α-hetero) is 1. The average molecular weight is 349 g/mol. The van der Waals surface area contributed by atoms with Crippen LogP contribution in [0.5, 0.6) is 0 Å². The molecule has 0 spiro atoms. The maximum Gasteiger partial charge on any atom is 0.194 e. The van der Waals surface area contributed by atoms with Gasteiger partial charge in [-0.3, -0.25) is 14.6 Å². The molecule has 126 valence electrons. The maximum atomic E-state index is 13.1. The summed E-state index contributed by atoms with van der Waals surface area (Å²) in [6.07, 6.45) is 0. The molecule has 4 heteroatoms. The van der Waals surface area contributed by atoms with Gasteiger partial charge in [-0.1, -0.05) is 73.3 Å². The topological polar surface area (TPSA) is 46.5 Å². The van der Waals surface area contributed by atoms with Gasteiger partial charge in [0.05, 0.1) is 24.1 Å². The molecule has 3 atom stereocenters. The van der Waals surface area contributed by atoms with Gasteiger partial charge in [-0.05, 0) is 11.3 Å². The molecule has 2 aromatic carbocycles. The molecule has 1 aliphatic heterocycles. The Balaban J connectivity index is 1.83. The van der Waals surface area contributed by atoms with E-state index in [0.717, 1.165) is 28.2 Å². The molecule has 3 nitrogen and oxygen atoms in total. The number of carbonyl (C=O) groups is 2. The highest BCUT2D eigenvalue weighted by atomic mass is 32.2. The van der Waals surface area contributed by atoms with E-state index in [1.165, 1.54) is 11.8 Å². The zero-order valence-electron chi connectivity index (χ0n) is 14.0. The number of benzene rings is 2. The second kappa shape index (κ2) is 6.60. The van der Waals surface area contributed by atoms with Crippen molar-refractivity contribution in [3.05, 3.63) is 71.3 Å². The number of thioether (sulfide) groups is 1.